The number of nitro benzene ring substituents is 1. The Hall–Kier alpha value is -3.46. The van der Waals surface area contributed by atoms with Crippen molar-refractivity contribution >= 4 is 40.2 Å². The van der Waals surface area contributed by atoms with Crippen LogP contribution in [-0.2, 0) is 39.5 Å². The van der Waals surface area contributed by atoms with Crippen LogP contribution in [0, 0.1) is 10.1 Å². The average molecular weight is 459 g/mol. The lowest BCUT2D eigenvalue weighted by molar-refractivity contribution is -0.384. The highest BCUT2D eigenvalue weighted by Gasteiger charge is 2.24. The Labute approximate surface area is 174 Å². The third-order valence-corrected chi connectivity index (χ3v) is 4.87. The first-order valence-electron chi connectivity index (χ1n) is 7.98. The van der Waals surface area contributed by atoms with Crippen LogP contribution in [-0.4, -0.2) is 50.2 Å². The molecule has 0 fully saturated rings. The van der Waals surface area contributed by atoms with Gasteiger partial charge in [-0.05, 0) is 6.07 Å². The first-order valence-corrected chi connectivity index (χ1v) is 9.98. The zero-order valence-electron chi connectivity index (χ0n) is 15.1. The van der Waals surface area contributed by atoms with Crippen molar-refractivity contribution in [1.82, 2.24) is 10.2 Å². The molecule has 30 heavy (non-hydrogen) atoms. The molecule has 1 aromatic carbocycles. The lowest BCUT2D eigenvalue weighted by atomic mass is 10.1. The second-order valence-corrected chi connectivity index (χ2v) is 7.34. The summed E-state index contributed by atoms with van der Waals surface area (Å²) in [5.74, 6) is -1.17. The zero-order chi connectivity index (χ0) is 21.8. The maximum absolute atomic E-state index is 12.7. The largest absolute Gasteiger partial charge is 0.417 e. The standard InChI is InChI=1S/C15H13N3O10S2/c1-17(6-13-8-26-30(24)28-13)15(20)10-2-9(3-11(4-10)18(21)22)14(19)16-5-12-7-25-29(23)27-12/h2-4,7-8H,5-6H2,1H3,(H,16,19). The summed E-state index contributed by atoms with van der Waals surface area (Å²) in [4.78, 5) is 36.7. The molecule has 0 aromatic heterocycles. The van der Waals surface area contributed by atoms with Crippen LogP contribution in [0.2, 0.25) is 0 Å². The second kappa shape index (κ2) is 8.91. The molecule has 3 rings (SSSR count). The summed E-state index contributed by atoms with van der Waals surface area (Å²) in [5.41, 5.74) is -0.749. The smallest absolute Gasteiger partial charge is 0.375 e. The number of carbonyl (C=O) groups excluding carboxylic acids is 2. The van der Waals surface area contributed by atoms with Crippen LogP contribution in [0.25, 0.3) is 0 Å². The molecule has 2 atom stereocenters. The van der Waals surface area contributed by atoms with Crippen LogP contribution < -0.4 is 5.32 Å². The van der Waals surface area contributed by atoms with Gasteiger partial charge in [-0.3, -0.25) is 19.7 Å². The molecular formula is C15H13N3O10S2. The molecule has 0 saturated carbocycles. The number of amides is 2. The molecule has 0 saturated heterocycles. The summed E-state index contributed by atoms with van der Waals surface area (Å²) in [6.45, 7) is -0.295. The number of nitro groups is 1. The summed E-state index contributed by atoms with van der Waals surface area (Å²) >= 11 is -3.94. The molecular weight excluding hydrogens is 446 g/mol. The van der Waals surface area contributed by atoms with Gasteiger partial charge in [-0.2, -0.15) is 8.42 Å². The van der Waals surface area contributed by atoms with Gasteiger partial charge in [-0.1, -0.05) is 0 Å². The molecule has 2 amide bonds. The molecule has 1 N–H and O–H groups in total. The zero-order valence-corrected chi connectivity index (χ0v) is 16.7. The van der Waals surface area contributed by atoms with E-state index in [-0.39, 0.29) is 35.7 Å². The molecule has 0 radical (unpaired) electrons. The van der Waals surface area contributed by atoms with Crippen molar-refractivity contribution in [3.8, 4) is 0 Å². The number of nitrogens with zero attached hydrogens (tertiary/aromatic N) is 2. The number of hydrogen-bond donors (Lipinski definition) is 1. The number of benzene rings is 1. The van der Waals surface area contributed by atoms with Gasteiger partial charge < -0.3 is 26.9 Å². The monoisotopic (exact) mass is 459 g/mol. The molecule has 0 spiro atoms. The van der Waals surface area contributed by atoms with E-state index in [1.807, 2.05) is 0 Å². The van der Waals surface area contributed by atoms with Crippen LogP contribution >= 0.6 is 0 Å². The fourth-order valence-corrected chi connectivity index (χ4v) is 3.33. The quantitative estimate of drug-likeness (QED) is 0.444. The Balaban J connectivity index is 1.75. The molecule has 0 bridgehead atoms. The van der Waals surface area contributed by atoms with Gasteiger partial charge >= 0.3 is 22.7 Å². The number of likely N-dealkylation sites (N-methyl/N-ethyl adjacent to an activating group) is 1. The van der Waals surface area contributed by atoms with Gasteiger partial charge in [0.1, 0.15) is 12.5 Å². The fraction of sp³-hybridized carbons (Fsp3) is 0.200. The molecule has 13 nitrogen and oxygen atoms in total. The maximum Gasteiger partial charge on any atom is 0.417 e. The predicted octanol–water partition coefficient (Wildman–Crippen LogP) is 0.330. The third kappa shape index (κ3) is 5.12. The van der Waals surface area contributed by atoms with Crippen molar-refractivity contribution in [2.24, 2.45) is 0 Å². The van der Waals surface area contributed by atoms with E-state index < -0.39 is 45.1 Å². The summed E-state index contributed by atoms with van der Waals surface area (Å²) in [6.07, 6.45) is 2.15. The van der Waals surface area contributed by atoms with E-state index in [1.165, 1.54) is 13.1 Å². The Morgan fingerprint density at radius 3 is 2.23 bits per heavy atom. The minimum Gasteiger partial charge on any atom is -0.375 e. The Bertz CT molecular complexity index is 1020. The first kappa shape index (κ1) is 21.3. The number of carbonyl (C=O) groups is 2. The molecule has 15 heteroatoms. The number of non-ortho nitro benzene ring substituents is 1. The van der Waals surface area contributed by atoms with Gasteiger partial charge in [0.15, 0.2) is 11.5 Å². The van der Waals surface area contributed by atoms with Crippen molar-refractivity contribution in [2.75, 3.05) is 20.1 Å². The lowest BCUT2D eigenvalue weighted by Gasteiger charge is -2.16. The van der Waals surface area contributed by atoms with Crippen LogP contribution in [0.1, 0.15) is 20.7 Å². The van der Waals surface area contributed by atoms with Gasteiger partial charge in [0.2, 0.25) is 0 Å². The van der Waals surface area contributed by atoms with E-state index >= 15 is 0 Å². The maximum atomic E-state index is 12.7. The topological polar surface area (TPSA) is 164 Å². The van der Waals surface area contributed by atoms with Crippen LogP contribution in [0.3, 0.4) is 0 Å². The minimum atomic E-state index is -1.97. The fourth-order valence-electron chi connectivity index (χ4n) is 2.34. The third-order valence-electron chi connectivity index (χ3n) is 3.67. The molecule has 2 aliphatic rings. The molecule has 0 aliphatic carbocycles. The van der Waals surface area contributed by atoms with Gasteiger partial charge in [0.25, 0.3) is 17.5 Å². The van der Waals surface area contributed by atoms with E-state index in [0.717, 1.165) is 29.6 Å². The Morgan fingerprint density at radius 2 is 1.67 bits per heavy atom. The molecule has 2 unspecified atom stereocenters. The predicted molar refractivity (Wildman–Crippen MR) is 99.2 cm³/mol. The molecule has 160 valence electrons. The highest BCUT2D eigenvalue weighted by molar-refractivity contribution is 7.75. The molecule has 2 aliphatic heterocycles. The number of rotatable bonds is 7. The van der Waals surface area contributed by atoms with E-state index in [4.69, 9.17) is 8.37 Å². The number of nitrogens with one attached hydrogen (secondary N) is 1. The lowest BCUT2D eigenvalue weighted by Crippen LogP contribution is -2.30. The minimum absolute atomic E-state index is 0.0904. The summed E-state index contributed by atoms with van der Waals surface area (Å²) in [5, 5.41) is 13.6. The van der Waals surface area contributed by atoms with Gasteiger partial charge in [-0.15, -0.1) is 0 Å². The Morgan fingerprint density at radius 1 is 1.07 bits per heavy atom. The number of hydrogen-bond acceptors (Lipinski definition) is 10. The Kier molecular flexibility index (Phi) is 6.31. The highest BCUT2D eigenvalue weighted by Crippen LogP contribution is 2.20. The molecule has 2 heterocycles. The second-order valence-electron chi connectivity index (χ2n) is 5.81. The van der Waals surface area contributed by atoms with Crippen LogP contribution in [0.15, 0.2) is 42.2 Å². The normalized spacial score (nSPS) is 19.4. The van der Waals surface area contributed by atoms with E-state index in [2.05, 4.69) is 13.7 Å². The average Bonchev–Trinajstić information content (AvgIpc) is 3.32. The van der Waals surface area contributed by atoms with Crippen molar-refractivity contribution in [3.63, 3.8) is 0 Å². The first-order chi connectivity index (χ1) is 14.2. The van der Waals surface area contributed by atoms with Gasteiger partial charge in [-0.25, -0.2) is 0 Å². The van der Waals surface area contributed by atoms with Gasteiger partial charge in [0.05, 0.1) is 18.0 Å². The van der Waals surface area contributed by atoms with E-state index in [9.17, 15) is 28.1 Å². The molecule has 1 aromatic rings. The van der Waals surface area contributed by atoms with Crippen molar-refractivity contribution < 1.29 is 39.7 Å². The van der Waals surface area contributed by atoms with Gasteiger partial charge in [0, 0.05) is 30.3 Å². The van der Waals surface area contributed by atoms with E-state index in [0.29, 0.717) is 0 Å². The van der Waals surface area contributed by atoms with E-state index in [1.54, 1.807) is 0 Å². The summed E-state index contributed by atoms with van der Waals surface area (Å²) < 4.78 is 40.7. The van der Waals surface area contributed by atoms with Crippen molar-refractivity contribution in [2.45, 2.75) is 0 Å². The summed E-state index contributed by atoms with van der Waals surface area (Å²) in [7, 11) is 1.39. The SMILES string of the molecule is CN(CC1=COS(=O)O1)C(=O)c1cc(C(=O)NCC2=COS(=O)O2)cc([N+](=O)[O-])c1. The van der Waals surface area contributed by atoms with Crippen LogP contribution in [0.4, 0.5) is 5.69 Å². The summed E-state index contributed by atoms with van der Waals surface area (Å²) in [6, 6.07) is 3.20. The highest BCUT2D eigenvalue weighted by atomic mass is 32.2. The van der Waals surface area contributed by atoms with Crippen molar-refractivity contribution in [3.05, 3.63) is 63.5 Å². The van der Waals surface area contributed by atoms with Crippen molar-refractivity contribution in [1.29, 1.82) is 0 Å². The van der Waals surface area contributed by atoms with Crippen LogP contribution in [0.5, 0.6) is 0 Å².